The van der Waals surface area contributed by atoms with E-state index in [0.717, 1.165) is 18.5 Å². The molecule has 0 spiro atoms. The van der Waals surface area contributed by atoms with Crippen molar-refractivity contribution in [2.45, 2.75) is 25.8 Å². The molecule has 0 fully saturated rings. The van der Waals surface area contributed by atoms with Gasteiger partial charge < -0.3 is 20.1 Å². The molecule has 0 bridgehead atoms. The van der Waals surface area contributed by atoms with Crippen LogP contribution in [0, 0.1) is 0 Å². The summed E-state index contributed by atoms with van der Waals surface area (Å²) in [7, 11) is 3.24. The van der Waals surface area contributed by atoms with Crippen LogP contribution >= 0.6 is 0 Å². The smallest absolute Gasteiger partial charge is 0.225 e. The number of nitrogens with one attached hydrogen (secondary N) is 1. The Bertz CT molecular complexity index is 689. The molecule has 0 saturated carbocycles. The summed E-state index contributed by atoms with van der Waals surface area (Å²) < 4.78 is 10.5. The largest absolute Gasteiger partial charge is 0.493 e. The van der Waals surface area contributed by atoms with E-state index < -0.39 is 0 Å². The number of hydrogen-bond acceptors (Lipinski definition) is 3. The highest BCUT2D eigenvalue weighted by molar-refractivity contribution is 5.75. The Kier molecular flexibility index (Phi) is 7.96. The summed E-state index contributed by atoms with van der Waals surface area (Å²) in [6.07, 6.45) is 1.28. The lowest BCUT2D eigenvalue weighted by molar-refractivity contribution is -0.691. The molecule has 2 aromatic rings. The van der Waals surface area contributed by atoms with E-state index in [0.29, 0.717) is 30.5 Å². The van der Waals surface area contributed by atoms with Crippen LogP contribution in [0.15, 0.2) is 48.5 Å². The van der Waals surface area contributed by atoms with Crippen molar-refractivity contribution in [3.05, 3.63) is 59.7 Å². The third-order valence-corrected chi connectivity index (χ3v) is 4.40. The number of ether oxygens (including phenoxy) is 2. The van der Waals surface area contributed by atoms with Gasteiger partial charge in [-0.25, -0.2) is 0 Å². The molecule has 0 aliphatic heterocycles. The molecule has 0 aromatic heterocycles. The molecule has 1 atom stereocenters. The molecule has 140 valence electrons. The zero-order valence-corrected chi connectivity index (χ0v) is 15.8. The predicted octanol–water partition coefficient (Wildman–Crippen LogP) is 2.08. The molecule has 0 aliphatic carbocycles. The van der Waals surface area contributed by atoms with Gasteiger partial charge in [-0.15, -0.1) is 0 Å². The zero-order chi connectivity index (χ0) is 18.8. The van der Waals surface area contributed by atoms with Crippen LogP contribution in [-0.2, 0) is 11.2 Å². The van der Waals surface area contributed by atoms with Crippen molar-refractivity contribution in [2.75, 3.05) is 27.3 Å². The summed E-state index contributed by atoms with van der Waals surface area (Å²) in [6.45, 7) is 3.55. The second-order valence-corrected chi connectivity index (χ2v) is 6.26. The number of amides is 1. The predicted molar refractivity (Wildman–Crippen MR) is 103 cm³/mol. The molecule has 5 nitrogen and oxygen atoms in total. The van der Waals surface area contributed by atoms with Crippen LogP contribution in [0.25, 0.3) is 0 Å². The van der Waals surface area contributed by atoms with Gasteiger partial charge in [-0.2, -0.15) is 0 Å². The van der Waals surface area contributed by atoms with E-state index in [1.54, 1.807) is 14.2 Å². The van der Waals surface area contributed by atoms with E-state index in [-0.39, 0.29) is 5.91 Å². The maximum Gasteiger partial charge on any atom is 0.225 e. The maximum absolute atomic E-state index is 12.0. The highest BCUT2D eigenvalue weighted by atomic mass is 16.5. The van der Waals surface area contributed by atoms with Crippen LogP contribution in [0.1, 0.15) is 30.5 Å². The van der Waals surface area contributed by atoms with E-state index >= 15 is 0 Å². The van der Waals surface area contributed by atoms with Gasteiger partial charge in [0.1, 0.15) is 6.04 Å². The highest BCUT2D eigenvalue weighted by Gasteiger charge is 2.09. The first-order valence-electron chi connectivity index (χ1n) is 9.00. The molecule has 26 heavy (non-hydrogen) atoms. The quantitative estimate of drug-likeness (QED) is 0.684. The number of rotatable bonds is 10. The van der Waals surface area contributed by atoms with Crippen LogP contribution in [0.5, 0.6) is 11.5 Å². The van der Waals surface area contributed by atoms with Crippen LogP contribution in [-0.4, -0.2) is 33.2 Å². The minimum absolute atomic E-state index is 0.0852. The van der Waals surface area contributed by atoms with E-state index in [1.165, 1.54) is 5.56 Å². The number of quaternary nitrogens is 1. The monoisotopic (exact) mass is 357 g/mol. The number of carbonyl (C=O) groups is 1. The molecular weight excluding hydrogens is 328 g/mol. The lowest BCUT2D eigenvalue weighted by Gasteiger charge is -2.11. The normalized spacial score (nSPS) is 11.7. The number of carbonyl (C=O) groups excluding carboxylic acids is 1. The first kappa shape index (κ1) is 19.8. The molecule has 2 aromatic carbocycles. The molecular formula is C21H29N2O3+. The summed E-state index contributed by atoms with van der Waals surface area (Å²) in [4.78, 5) is 12.0. The Morgan fingerprint density at radius 1 is 1.08 bits per heavy atom. The van der Waals surface area contributed by atoms with Gasteiger partial charge in [0.25, 0.3) is 0 Å². The molecule has 5 heteroatoms. The molecule has 3 N–H and O–H groups in total. The van der Waals surface area contributed by atoms with Gasteiger partial charge >= 0.3 is 0 Å². The summed E-state index contributed by atoms with van der Waals surface area (Å²) in [5.41, 5.74) is 2.38. The van der Waals surface area contributed by atoms with Gasteiger partial charge in [0.05, 0.1) is 27.2 Å². The summed E-state index contributed by atoms with van der Waals surface area (Å²) in [5.74, 6) is 1.51. The molecule has 0 radical (unpaired) electrons. The van der Waals surface area contributed by atoms with Gasteiger partial charge in [0, 0.05) is 12.1 Å². The Hall–Kier alpha value is -2.53. The third kappa shape index (κ3) is 6.08. The van der Waals surface area contributed by atoms with E-state index in [9.17, 15) is 4.79 Å². The van der Waals surface area contributed by atoms with Crippen LogP contribution in [0.3, 0.4) is 0 Å². The second kappa shape index (κ2) is 10.5. The van der Waals surface area contributed by atoms with Crippen molar-refractivity contribution in [1.29, 1.82) is 0 Å². The fourth-order valence-electron chi connectivity index (χ4n) is 2.83. The van der Waals surface area contributed by atoms with Crippen molar-refractivity contribution in [3.8, 4) is 11.5 Å². The maximum atomic E-state index is 12.0. The average molecular weight is 357 g/mol. The lowest BCUT2D eigenvalue weighted by atomic mass is 10.1. The zero-order valence-electron chi connectivity index (χ0n) is 15.8. The van der Waals surface area contributed by atoms with Crippen molar-refractivity contribution >= 4 is 5.91 Å². The van der Waals surface area contributed by atoms with Gasteiger partial charge in [-0.05, 0) is 31.0 Å². The first-order valence-corrected chi connectivity index (χ1v) is 9.00. The van der Waals surface area contributed by atoms with E-state index in [4.69, 9.17) is 9.47 Å². The minimum atomic E-state index is 0.0852. The molecule has 0 saturated heterocycles. The Labute approximate surface area is 155 Å². The molecule has 0 unspecified atom stereocenters. The Balaban J connectivity index is 1.67. The minimum Gasteiger partial charge on any atom is -0.493 e. The first-order chi connectivity index (χ1) is 12.6. The lowest BCUT2D eigenvalue weighted by Crippen LogP contribution is -2.85. The Morgan fingerprint density at radius 2 is 1.81 bits per heavy atom. The van der Waals surface area contributed by atoms with Gasteiger partial charge in [0.15, 0.2) is 11.5 Å². The summed E-state index contributed by atoms with van der Waals surface area (Å²) in [5, 5.41) is 5.18. The van der Waals surface area contributed by atoms with Crippen LogP contribution in [0.4, 0.5) is 0 Å². The van der Waals surface area contributed by atoms with Gasteiger partial charge in [-0.1, -0.05) is 36.4 Å². The molecule has 0 aliphatic rings. The molecule has 2 rings (SSSR count). The van der Waals surface area contributed by atoms with Crippen molar-refractivity contribution in [1.82, 2.24) is 5.32 Å². The van der Waals surface area contributed by atoms with Crippen LogP contribution in [0.2, 0.25) is 0 Å². The van der Waals surface area contributed by atoms with E-state index in [1.807, 2.05) is 36.4 Å². The topological polar surface area (TPSA) is 64.2 Å². The number of benzene rings is 2. The standard InChI is InChI=1S/C21H28N2O3/c1-16(18-7-5-4-6-8-18)22-14-12-21(24)23-13-11-17-9-10-19(25-2)20(15-17)26-3/h4-10,15-16,22H,11-14H2,1-3H3,(H,23,24)/p+1/t16-/m0/s1. The van der Waals surface area contributed by atoms with Crippen molar-refractivity contribution < 1.29 is 19.6 Å². The number of methoxy groups -OCH3 is 2. The Morgan fingerprint density at radius 3 is 2.50 bits per heavy atom. The van der Waals surface area contributed by atoms with Crippen molar-refractivity contribution in [2.24, 2.45) is 0 Å². The van der Waals surface area contributed by atoms with Crippen LogP contribution < -0.4 is 20.1 Å². The van der Waals surface area contributed by atoms with Gasteiger partial charge in [0.2, 0.25) is 5.91 Å². The average Bonchev–Trinajstić information content (AvgIpc) is 2.68. The molecule has 0 heterocycles. The second-order valence-electron chi connectivity index (χ2n) is 6.26. The number of hydrogen-bond donors (Lipinski definition) is 2. The summed E-state index contributed by atoms with van der Waals surface area (Å²) in [6, 6.07) is 16.5. The molecule has 1 amide bonds. The van der Waals surface area contributed by atoms with E-state index in [2.05, 4.69) is 29.7 Å². The third-order valence-electron chi connectivity index (χ3n) is 4.40. The fraction of sp³-hybridized carbons (Fsp3) is 0.381. The number of nitrogens with two attached hydrogens (primary N) is 1. The SMILES string of the molecule is COc1ccc(CCNC(=O)CC[NH2+][C@@H](C)c2ccccc2)cc1OC. The fourth-order valence-corrected chi connectivity index (χ4v) is 2.83. The van der Waals surface area contributed by atoms with Crippen molar-refractivity contribution in [3.63, 3.8) is 0 Å². The highest BCUT2D eigenvalue weighted by Crippen LogP contribution is 2.27. The van der Waals surface area contributed by atoms with Gasteiger partial charge in [-0.3, -0.25) is 4.79 Å². The summed E-state index contributed by atoms with van der Waals surface area (Å²) >= 11 is 0.